The maximum absolute atomic E-state index is 6.93. The van der Waals surface area contributed by atoms with Gasteiger partial charge < -0.3 is 14.5 Å². The van der Waals surface area contributed by atoms with E-state index in [4.69, 9.17) is 9.72 Å². The van der Waals surface area contributed by atoms with Crippen molar-refractivity contribution < 1.29 is 4.74 Å². The van der Waals surface area contributed by atoms with Crippen molar-refractivity contribution in [2.45, 2.75) is 91.4 Å². The Kier molecular flexibility index (Phi) is 9.89. The highest BCUT2D eigenvalue weighted by molar-refractivity contribution is 6.09. The molecule has 0 saturated heterocycles. The predicted octanol–water partition coefficient (Wildman–Crippen LogP) is 14.3. The van der Waals surface area contributed by atoms with E-state index in [1.165, 1.54) is 44.5 Å². The van der Waals surface area contributed by atoms with Gasteiger partial charge in [0.2, 0.25) is 0 Å². The Hall–Kier alpha value is -5.55. The van der Waals surface area contributed by atoms with Crippen LogP contribution in [0.5, 0.6) is 11.5 Å². The number of nitrogens with zero attached hydrogens (tertiary/aromatic N) is 4. The molecule has 0 N–H and O–H groups in total. The van der Waals surface area contributed by atoms with Gasteiger partial charge in [-0.1, -0.05) is 90.9 Å². The maximum Gasteiger partial charge on any atom is 0.137 e. The van der Waals surface area contributed by atoms with Crippen molar-refractivity contribution >= 4 is 44.6 Å². The molecular weight excluding hydrogens is 673 g/mol. The maximum atomic E-state index is 6.93. The summed E-state index contributed by atoms with van der Waals surface area (Å²) < 4.78 is 9.23. The molecule has 3 heterocycles. The highest BCUT2D eigenvalue weighted by atomic mass is 16.5. The number of aromatic nitrogens is 2. The second-order valence-electron chi connectivity index (χ2n) is 16.2. The predicted molar refractivity (Wildman–Crippen MR) is 232 cm³/mol. The SMILES string of the molecule is CCC(CC)c1cc(Oc2ccc3c4ccccc4n(-c4cc(C(CC)CC)ccn4)c3c2)cc(N2CN(c3cccc(C(C)(C)C)c3)c3ccccc32)c1. The number of anilines is 4. The molecule has 0 fully saturated rings. The quantitative estimate of drug-likeness (QED) is 0.133. The van der Waals surface area contributed by atoms with Gasteiger partial charge in [0.15, 0.2) is 0 Å². The number of pyridine rings is 1. The fourth-order valence-corrected chi connectivity index (χ4v) is 8.58. The smallest absolute Gasteiger partial charge is 0.137 e. The van der Waals surface area contributed by atoms with E-state index in [1.54, 1.807) is 0 Å². The molecule has 1 aliphatic rings. The van der Waals surface area contributed by atoms with E-state index in [0.717, 1.165) is 59.7 Å². The van der Waals surface area contributed by atoms with Crippen molar-refractivity contribution in [1.29, 1.82) is 0 Å². The first-order chi connectivity index (χ1) is 26.7. The summed E-state index contributed by atoms with van der Waals surface area (Å²) in [6.07, 6.45) is 6.31. The second-order valence-corrected chi connectivity index (χ2v) is 16.2. The van der Waals surface area contributed by atoms with Crippen molar-refractivity contribution in [3.8, 4) is 17.3 Å². The Balaban J connectivity index is 1.21. The van der Waals surface area contributed by atoms with E-state index in [1.807, 2.05) is 6.20 Å². The highest BCUT2D eigenvalue weighted by Gasteiger charge is 2.29. The van der Waals surface area contributed by atoms with Gasteiger partial charge in [-0.3, -0.25) is 4.57 Å². The standard InChI is InChI=1S/C50H54N4O/c1-8-34(9-2)36-25-26-51-49(29-36)54-45-20-13-12-19-43(45)44-24-23-41(32-48(44)54)55-42-28-37(35(10-3)11-4)27-40(31-42)53-33-52(46-21-14-15-22-47(46)53)39-18-16-17-38(30-39)50(5,6)7/h12-32,34-35H,8-11,33H2,1-7H3. The molecule has 0 atom stereocenters. The van der Waals surface area contributed by atoms with E-state index in [-0.39, 0.29) is 5.41 Å². The van der Waals surface area contributed by atoms with Gasteiger partial charge in [-0.15, -0.1) is 0 Å². The minimum atomic E-state index is 0.0654. The van der Waals surface area contributed by atoms with Gasteiger partial charge in [-0.05, 0) is 126 Å². The lowest BCUT2D eigenvalue weighted by atomic mass is 9.87. The Morgan fingerprint density at radius 2 is 1.25 bits per heavy atom. The van der Waals surface area contributed by atoms with Crippen molar-refractivity contribution in [2.75, 3.05) is 16.5 Å². The van der Waals surface area contributed by atoms with Crippen LogP contribution in [0.2, 0.25) is 0 Å². The van der Waals surface area contributed by atoms with Crippen LogP contribution < -0.4 is 14.5 Å². The van der Waals surface area contributed by atoms with Crippen LogP contribution in [0.3, 0.4) is 0 Å². The van der Waals surface area contributed by atoms with Crippen LogP contribution in [-0.4, -0.2) is 16.2 Å². The molecule has 5 nitrogen and oxygen atoms in total. The summed E-state index contributed by atoms with van der Waals surface area (Å²) >= 11 is 0. The molecule has 1 aliphatic heterocycles. The van der Waals surface area contributed by atoms with Crippen LogP contribution in [0.1, 0.15) is 103 Å². The Labute approximate surface area is 327 Å². The summed E-state index contributed by atoms with van der Waals surface area (Å²) in [4.78, 5) is 9.81. The minimum absolute atomic E-state index is 0.0654. The average Bonchev–Trinajstić information content (AvgIpc) is 3.75. The van der Waals surface area contributed by atoms with Crippen LogP contribution in [0.4, 0.5) is 22.7 Å². The molecule has 0 spiro atoms. The van der Waals surface area contributed by atoms with E-state index in [2.05, 4.69) is 184 Å². The number of fused-ring (bicyclic) bond motifs is 4. The molecule has 0 amide bonds. The molecule has 0 aliphatic carbocycles. The number of rotatable bonds is 11. The highest BCUT2D eigenvalue weighted by Crippen LogP contribution is 2.46. The van der Waals surface area contributed by atoms with E-state index < -0.39 is 0 Å². The zero-order valence-electron chi connectivity index (χ0n) is 33.5. The molecular formula is C50H54N4O. The number of hydrogen-bond donors (Lipinski definition) is 0. The molecule has 5 aromatic carbocycles. The van der Waals surface area contributed by atoms with Crippen molar-refractivity contribution in [3.63, 3.8) is 0 Å². The number of ether oxygens (including phenoxy) is 1. The van der Waals surface area contributed by atoms with E-state index in [0.29, 0.717) is 18.5 Å². The molecule has 280 valence electrons. The third-order valence-corrected chi connectivity index (χ3v) is 11.8. The Morgan fingerprint density at radius 1 is 0.582 bits per heavy atom. The zero-order chi connectivity index (χ0) is 38.3. The third-order valence-electron chi connectivity index (χ3n) is 11.8. The molecule has 5 heteroatoms. The first-order valence-corrected chi connectivity index (χ1v) is 20.3. The van der Waals surface area contributed by atoms with Gasteiger partial charge in [0.25, 0.3) is 0 Å². The van der Waals surface area contributed by atoms with Crippen LogP contribution >= 0.6 is 0 Å². The van der Waals surface area contributed by atoms with Gasteiger partial charge in [-0.25, -0.2) is 4.98 Å². The molecule has 0 unspecified atom stereocenters. The van der Waals surface area contributed by atoms with Crippen molar-refractivity contribution in [3.05, 3.63) is 144 Å². The fourth-order valence-electron chi connectivity index (χ4n) is 8.58. The minimum Gasteiger partial charge on any atom is -0.457 e. The van der Waals surface area contributed by atoms with Gasteiger partial charge in [0.1, 0.15) is 24.0 Å². The average molecular weight is 727 g/mol. The Morgan fingerprint density at radius 3 is 1.98 bits per heavy atom. The zero-order valence-corrected chi connectivity index (χ0v) is 33.5. The summed E-state index contributed by atoms with van der Waals surface area (Å²) in [7, 11) is 0. The lowest BCUT2D eigenvalue weighted by molar-refractivity contribution is 0.481. The largest absolute Gasteiger partial charge is 0.457 e. The van der Waals surface area contributed by atoms with Crippen LogP contribution in [-0.2, 0) is 5.41 Å². The lowest BCUT2D eigenvalue weighted by Crippen LogP contribution is -2.24. The third kappa shape index (κ3) is 6.86. The molecule has 55 heavy (non-hydrogen) atoms. The number of para-hydroxylation sites is 3. The molecule has 0 bridgehead atoms. The Bertz CT molecular complexity index is 2460. The van der Waals surface area contributed by atoms with Crippen LogP contribution in [0.15, 0.2) is 128 Å². The first-order valence-electron chi connectivity index (χ1n) is 20.3. The van der Waals surface area contributed by atoms with E-state index >= 15 is 0 Å². The molecule has 8 rings (SSSR count). The summed E-state index contributed by atoms with van der Waals surface area (Å²) in [6, 6.07) is 44.3. The van der Waals surface area contributed by atoms with Gasteiger partial charge >= 0.3 is 0 Å². The van der Waals surface area contributed by atoms with Gasteiger partial charge in [-0.2, -0.15) is 0 Å². The van der Waals surface area contributed by atoms with E-state index in [9.17, 15) is 0 Å². The molecule has 0 saturated carbocycles. The summed E-state index contributed by atoms with van der Waals surface area (Å²) in [5.74, 6) is 3.53. The summed E-state index contributed by atoms with van der Waals surface area (Å²) in [5.41, 5.74) is 11.0. The lowest BCUT2D eigenvalue weighted by Gasteiger charge is -2.26. The van der Waals surface area contributed by atoms with Crippen molar-refractivity contribution in [2.24, 2.45) is 0 Å². The summed E-state index contributed by atoms with van der Waals surface area (Å²) in [6.45, 7) is 16.7. The molecule has 2 aromatic heterocycles. The second kappa shape index (κ2) is 14.9. The number of benzene rings is 5. The van der Waals surface area contributed by atoms with Crippen LogP contribution in [0, 0.1) is 0 Å². The topological polar surface area (TPSA) is 33.5 Å². The van der Waals surface area contributed by atoms with Gasteiger partial charge in [0, 0.05) is 40.5 Å². The molecule has 7 aromatic rings. The fraction of sp³-hybridized carbons (Fsp3) is 0.300. The molecule has 0 radical (unpaired) electrons. The normalized spacial score (nSPS) is 13.1. The monoisotopic (exact) mass is 726 g/mol. The first kappa shape index (κ1) is 36.4. The van der Waals surface area contributed by atoms with Gasteiger partial charge in [0.05, 0.1) is 22.4 Å². The summed E-state index contributed by atoms with van der Waals surface area (Å²) in [5, 5.41) is 2.40. The van der Waals surface area contributed by atoms with Crippen molar-refractivity contribution in [1.82, 2.24) is 9.55 Å². The van der Waals surface area contributed by atoms with Crippen LogP contribution in [0.25, 0.3) is 27.6 Å². The number of hydrogen-bond acceptors (Lipinski definition) is 4.